The van der Waals surface area contributed by atoms with Crippen molar-refractivity contribution in [2.75, 3.05) is 25.9 Å². The fourth-order valence-corrected chi connectivity index (χ4v) is 4.05. The second kappa shape index (κ2) is 8.82. The normalized spacial score (nSPS) is 21.4. The summed E-state index contributed by atoms with van der Waals surface area (Å²) in [7, 11) is 2.28. The molecule has 2 rings (SSSR count). The highest BCUT2D eigenvalue weighted by atomic mass is 32.2. The lowest BCUT2D eigenvalue weighted by molar-refractivity contribution is 0.182. The molecule has 1 aromatic rings. The van der Waals surface area contributed by atoms with Gasteiger partial charge in [0.2, 0.25) is 0 Å². The van der Waals surface area contributed by atoms with Gasteiger partial charge in [-0.3, -0.25) is 0 Å². The molecule has 1 saturated heterocycles. The summed E-state index contributed by atoms with van der Waals surface area (Å²) in [6.07, 6.45) is 5.50. The van der Waals surface area contributed by atoms with E-state index < -0.39 is 0 Å². The maximum atomic E-state index is 3.46. The lowest BCUT2D eigenvalue weighted by atomic mass is 10.0. The van der Waals surface area contributed by atoms with Gasteiger partial charge < -0.3 is 10.2 Å². The van der Waals surface area contributed by atoms with Gasteiger partial charge in [0.25, 0.3) is 0 Å². The highest BCUT2D eigenvalue weighted by Crippen LogP contribution is 2.25. The molecule has 118 valence electrons. The Balaban J connectivity index is 1.75. The largest absolute Gasteiger partial charge is 0.310 e. The van der Waals surface area contributed by atoms with Crippen LogP contribution in [-0.2, 0) is 0 Å². The van der Waals surface area contributed by atoms with E-state index in [0.29, 0.717) is 6.04 Å². The summed E-state index contributed by atoms with van der Waals surface area (Å²) < 4.78 is 0. The highest BCUT2D eigenvalue weighted by molar-refractivity contribution is 7.99. The third-order valence-electron chi connectivity index (χ3n) is 4.53. The van der Waals surface area contributed by atoms with Gasteiger partial charge in [-0.25, -0.2) is 0 Å². The van der Waals surface area contributed by atoms with Gasteiger partial charge >= 0.3 is 0 Å². The minimum Gasteiger partial charge on any atom is -0.310 e. The summed E-state index contributed by atoms with van der Waals surface area (Å²) in [5.74, 6) is 1.23. The SMILES string of the molecule is CCNC(C)c1ccc(SCCC2CCCCN2C)cc1. The van der Waals surface area contributed by atoms with Crippen LogP contribution in [0, 0.1) is 0 Å². The lowest BCUT2D eigenvalue weighted by Gasteiger charge is -2.32. The third kappa shape index (κ3) is 5.32. The molecule has 1 fully saturated rings. The first kappa shape index (κ1) is 16.9. The van der Waals surface area contributed by atoms with Crippen molar-refractivity contribution in [3.8, 4) is 0 Å². The van der Waals surface area contributed by atoms with Gasteiger partial charge in [-0.05, 0) is 69.8 Å². The zero-order valence-corrected chi connectivity index (χ0v) is 14.6. The van der Waals surface area contributed by atoms with Crippen LogP contribution in [-0.4, -0.2) is 36.8 Å². The molecule has 2 nitrogen and oxygen atoms in total. The van der Waals surface area contributed by atoms with E-state index in [0.717, 1.165) is 12.6 Å². The molecule has 1 heterocycles. The minimum absolute atomic E-state index is 0.449. The molecule has 1 aromatic carbocycles. The molecule has 1 N–H and O–H groups in total. The molecule has 0 amide bonds. The van der Waals surface area contributed by atoms with Gasteiger partial charge in [-0.2, -0.15) is 0 Å². The third-order valence-corrected chi connectivity index (χ3v) is 5.58. The summed E-state index contributed by atoms with van der Waals surface area (Å²) in [5, 5.41) is 3.46. The number of nitrogens with zero attached hydrogens (tertiary/aromatic N) is 1. The molecule has 0 radical (unpaired) electrons. The van der Waals surface area contributed by atoms with Crippen LogP contribution in [0.2, 0.25) is 0 Å². The monoisotopic (exact) mass is 306 g/mol. The fraction of sp³-hybridized carbons (Fsp3) is 0.667. The van der Waals surface area contributed by atoms with E-state index in [1.165, 1.54) is 48.4 Å². The summed E-state index contributed by atoms with van der Waals surface area (Å²) >= 11 is 2.00. The second-order valence-corrected chi connectivity index (χ2v) is 7.28. The quantitative estimate of drug-likeness (QED) is 0.755. The number of benzene rings is 1. The standard InChI is InChI=1S/C18H30N2S/c1-4-19-15(2)16-8-10-18(11-9-16)21-14-12-17-7-5-6-13-20(17)3/h8-11,15,17,19H,4-7,12-14H2,1-3H3. The zero-order valence-electron chi connectivity index (χ0n) is 13.8. The maximum absolute atomic E-state index is 3.46. The number of hydrogen-bond donors (Lipinski definition) is 1. The van der Waals surface area contributed by atoms with Gasteiger partial charge in [-0.15, -0.1) is 11.8 Å². The summed E-state index contributed by atoms with van der Waals surface area (Å²) in [5.41, 5.74) is 1.38. The molecule has 0 aliphatic carbocycles. The lowest BCUT2D eigenvalue weighted by Crippen LogP contribution is -2.36. The van der Waals surface area contributed by atoms with Crippen LogP contribution in [0.1, 0.15) is 51.1 Å². The Bertz CT molecular complexity index is 404. The molecule has 0 aromatic heterocycles. The Hall–Kier alpha value is -0.510. The van der Waals surface area contributed by atoms with Crippen LogP contribution >= 0.6 is 11.8 Å². The Kier molecular flexibility index (Phi) is 7.08. The van der Waals surface area contributed by atoms with Crippen LogP contribution in [0.5, 0.6) is 0 Å². The second-order valence-electron chi connectivity index (χ2n) is 6.12. The average Bonchev–Trinajstić information content (AvgIpc) is 2.50. The molecule has 0 bridgehead atoms. The first-order valence-electron chi connectivity index (χ1n) is 8.37. The van der Waals surface area contributed by atoms with Crippen LogP contribution in [0.15, 0.2) is 29.2 Å². The Morgan fingerprint density at radius 2 is 2.05 bits per heavy atom. The van der Waals surface area contributed by atoms with Gasteiger partial charge in [-0.1, -0.05) is 25.5 Å². The van der Waals surface area contributed by atoms with E-state index in [2.05, 4.69) is 55.4 Å². The van der Waals surface area contributed by atoms with Crippen molar-refractivity contribution in [2.24, 2.45) is 0 Å². The summed E-state index contributed by atoms with van der Waals surface area (Å²) in [6, 6.07) is 10.3. The number of piperidine rings is 1. The zero-order chi connectivity index (χ0) is 15.1. The van der Waals surface area contributed by atoms with Gasteiger partial charge in [0.05, 0.1) is 0 Å². The number of likely N-dealkylation sites (tertiary alicyclic amines) is 1. The molecule has 1 aliphatic rings. The van der Waals surface area contributed by atoms with Crippen LogP contribution in [0.25, 0.3) is 0 Å². The number of hydrogen-bond acceptors (Lipinski definition) is 3. The van der Waals surface area contributed by atoms with E-state index >= 15 is 0 Å². The summed E-state index contributed by atoms with van der Waals surface area (Å²) in [6.45, 7) is 6.69. The van der Waals surface area contributed by atoms with E-state index in [9.17, 15) is 0 Å². The van der Waals surface area contributed by atoms with Gasteiger partial charge in [0, 0.05) is 17.0 Å². The van der Waals surface area contributed by atoms with E-state index in [1.807, 2.05) is 11.8 Å². The smallest absolute Gasteiger partial charge is 0.0291 e. The van der Waals surface area contributed by atoms with E-state index in [-0.39, 0.29) is 0 Å². The first-order valence-corrected chi connectivity index (χ1v) is 9.35. The fourth-order valence-electron chi connectivity index (χ4n) is 3.10. The van der Waals surface area contributed by atoms with Gasteiger partial charge in [0.15, 0.2) is 0 Å². The molecule has 21 heavy (non-hydrogen) atoms. The van der Waals surface area contributed by atoms with Crippen molar-refractivity contribution in [1.82, 2.24) is 10.2 Å². The summed E-state index contributed by atoms with van der Waals surface area (Å²) in [4.78, 5) is 3.95. The number of nitrogens with one attached hydrogen (secondary N) is 1. The van der Waals surface area contributed by atoms with Crippen LogP contribution < -0.4 is 5.32 Å². The topological polar surface area (TPSA) is 15.3 Å². The van der Waals surface area contributed by atoms with Crippen molar-refractivity contribution in [1.29, 1.82) is 0 Å². The predicted molar refractivity (Wildman–Crippen MR) is 94.1 cm³/mol. The van der Waals surface area contributed by atoms with Crippen molar-refractivity contribution < 1.29 is 0 Å². The molecule has 2 unspecified atom stereocenters. The van der Waals surface area contributed by atoms with Crippen molar-refractivity contribution in [2.45, 2.75) is 56.5 Å². The molecular formula is C18H30N2S. The average molecular weight is 307 g/mol. The molecule has 0 saturated carbocycles. The Morgan fingerprint density at radius 3 is 2.71 bits per heavy atom. The predicted octanol–water partition coefficient (Wildman–Crippen LogP) is 4.32. The molecule has 1 aliphatic heterocycles. The van der Waals surface area contributed by atoms with Crippen molar-refractivity contribution >= 4 is 11.8 Å². The van der Waals surface area contributed by atoms with Crippen LogP contribution in [0.4, 0.5) is 0 Å². The number of thioether (sulfide) groups is 1. The Labute approximate surface area is 134 Å². The number of rotatable bonds is 7. The molecule has 0 spiro atoms. The van der Waals surface area contributed by atoms with Crippen molar-refractivity contribution in [3.05, 3.63) is 29.8 Å². The maximum Gasteiger partial charge on any atom is 0.0291 e. The van der Waals surface area contributed by atoms with E-state index in [1.54, 1.807) is 0 Å². The van der Waals surface area contributed by atoms with E-state index in [4.69, 9.17) is 0 Å². The molecule has 2 atom stereocenters. The molecule has 3 heteroatoms. The van der Waals surface area contributed by atoms with Gasteiger partial charge in [0.1, 0.15) is 0 Å². The van der Waals surface area contributed by atoms with Crippen LogP contribution in [0.3, 0.4) is 0 Å². The molecular weight excluding hydrogens is 276 g/mol. The first-order chi connectivity index (χ1) is 10.2. The minimum atomic E-state index is 0.449. The highest BCUT2D eigenvalue weighted by Gasteiger charge is 2.18. The van der Waals surface area contributed by atoms with Crippen molar-refractivity contribution in [3.63, 3.8) is 0 Å². The Morgan fingerprint density at radius 1 is 1.29 bits per heavy atom.